The lowest BCUT2D eigenvalue weighted by atomic mass is 10.1. The molecule has 1 saturated heterocycles. The van der Waals surface area contributed by atoms with Gasteiger partial charge in [0.2, 0.25) is 0 Å². The van der Waals surface area contributed by atoms with E-state index in [1.54, 1.807) is 38.3 Å². The Hall–Kier alpha value is -2.97. The van der Waals surface area contributed by atoms with Crippen LogP contribution in [-0.2, 0) is 9.53 Å². The fraction of sp³-hybridized carbons (Fsp3) is 0.333. The smallest absolute Gasteiger partial charge is 0.264 e. The van der Waals surface area contributed by atoms with Crippen LogP contribution < -0.4 is 19.7 Å². The normalized spacial score (nSPS) is 19.1. The van der Waals surface area contributed by atoms with Crippen LogP contribution in [0.5, 0.6) is 11.5 Å². The van der Waals surface area contributed by atoms with E-state index in [-0.39, 0.29) is 17.9 Å². The second-order valence-corrected chi connectivity index (χ2v) is 8.70. The minimum Gasteiger partial charge on any atom is -0.493 e. The molecule has 168 valence electrons. The number of hydrogen-bond acceptors (Lipinski definition) is 6. The number of nitrogens with one attached hydrogen (secondary N) is 1. The van der Waals surface area contributed by atoms with E-state index in [2.05, 4.69) is 5.32 Å². The molecule has 0 radical (unpaired) electrons. The number of benzene rings is 2. The summed E-state index contributed by atoms with van der Waals surface area (Å²) in [4.78, 5) is 28.7. The van der Waals surface area contributed by atoms with Crippen molar-refractivity contribution in [2.24, 2.45) is 0 Å². The zero-order chi connectivity index (χ0) is 22.7. The predicted octanol–water partition coefficient (Wildman–Crippen LogP) is 3.72. The number of likely N-dealkylation sites (N-methyl/N-ethyl adjacent to an activating group) is 1. The van der Waals surface area contributed by atoms with Crippen molar-refractivity contribution in [3.8, 4) is 11.5 Å². The zero-order valence-corrected chi connectivity index (χ0v) is 19.2. The van der Waals surface area contributed by atoms with E-state index in [0.717, 1.165) is 29.9 Å². The monoisotopic (exact) mass is 454 g/mol. The first-order chi connectivity index (χ1) is 15.5. The number of hydrogen-bond donors (Lipinski definition) is 1. The number of ether oxygens (including phenoxy) is 3. The van der Waals surface area contributed by atoms with Gasteiger partial charge in [0.15, 0.2) is 11.5 Å². The van der Waals surface area contributed by atoms with Crippen molar-refractivity contribution in [3.63, 3.8) is 0 Å². The fourth-order valence-corrected chi connectivity index (χ4v) is 4.84. The highest BCUT2D eigenvalue weighted by Crippen LogP contribution is 2.42. The lowest BCUT2D eigenvalue weighted by molar-refractivity contribution is -0.114. The van der Waals surface area contributed by atoms with Crippen molar-refractivity contribution >= 4 is 35.3 Å². The number of thioether (sulfide) groups is 1. The van der Waals surface area contributed by atoms with E-state index >= 15 is 0 Å². The van der Waals surface area contributed by atoms with Gasteiger partial charge in [-0.2, -0.15) is 0 Å². The number of rotatable bonds is 6. The van der Waals surface area contributed by atoms with Crippen molar-refractivity contribution in [2.75, 3.05) is 39.3 Å². The Morgan fingerprint density at radius 1 is 1.22 bits per heavy atom. The molecule has 0 saturated carbocycles. The van der Waals surface area contributed by atoms with Crippen molar-refractivity contribution in [1.82, 2.24) is 5.32 Å². The van der Waals surface area contributed by atoms with Crippen LogP contribution in [-0.4, -0.2) is 52.3 Å². The summed E-state index contributed by atoms with van der Waals surface area (Å²) >= 11 is 1.39. The van der Waals surface area contributed by atoms with Gasteiger partial charge in [-0.05, 0) is 54.8 Å². The third-order valence-electron chi connectivity index (χ3n) is 5.54. The van der Waals surface area contributed by atoms with Gasteiger partial charge in [0.1, 0.15) is 0 Å². The molecule has 2 aliphatic heterocycles. The topological polar surface area (TPSA) is 77.1 Å². The highest BCUT2D eigenvalue weighted by Gasteiger charge is 2.27. The van der Waals surface area contributed by atoms with E-state index in [9.17, 15) is 9.59 Å². The maximum Gasteiger partial charge on any atom is 0.264 e. The van der Waals surface area contributed by atoms with Crippen molar-refractivity contribution in [1.29, 1.82) is 0 Å². The Morgan fingerprint density at radius 3 is 2.75 bits per heavy atom. The van der Waals surface area contributed by atoms with Gasteiger partial charge < -0.3 is 24.4 Å². The lowest BCUT2D eigenvalue weighted by Crippen LogP contribution is -2.33. The number of carbonyl (C=O) groups excluding carboxylic acids is 2. The van der Waals surface area contributed by atoms with Crippen LogP contribution in [0.3, 0.4) is 0 Å². The molecule has 8 heteroatoms. The Labute approximate surface area is 191 Å². The molecule has 1 N–H and O–H groups in total. The third-order valence-corrected chi connectivity index (χ3v) is 6.61. The molecular formula is C24H26N2O5S. The average molecular weight is 455 g/mol. The van der Waals surface area contributed by atoms with Crippen molar-refractivity contribution < 1.29 is 23.8 Å². The Balaban J connectivity index is 1.53. The van der Waals surface area contributed by atoms with Crippen LogP contribution in [0.4, 0.5) is 5.69 Å². The Kier molecular flexibility index (Phi) is 6.72. The molecule has 0 aliphatic carbocycles. The molecule has 2 aromatic carbocycles. The molecule has 4 rings (SSSR count). The molecule has 2 amide bonds. The number of nitrogens with zero attached hydrogens (tertiary/aromatic N) is 1. The first-order valence-electron chi connectivity index (χ1n) is 10.4. The van der Waals surface area contributed by atoms with Gasteiger partial charge in [-0.15, -0.1) is 0 Å². The van der Waals surface area contributed by atoms with E-state index in [1.807, 2.05) is 30.3 Å². The van der Waals surface area contributed by atoms with Gasteiger partial charge in [-0.3, -0.25) is 9.59 Å². The van der Waals surface area contributed by atoms with Crippen LogP contribution >= 0.6 is 11.8 Å². The van der Waals surface area contributed by atoms with E-state index in [4.69, 9.17) is 14.2 Å². The van der Waals surface area contributed by atoms with Gasteiger partial charge in [0, 0.05) is 30.7 Å². The molecule has 7 nitrogen and oxygen atoms in total. The molecule has 0 aromatic heterocycles. The molecule has 1 fully saturated rings. The molecular weight excluding hydrogens is 428 g/mol. The van der Waals surface area contributed by atoms with Crippen LogP contribution in [0, 0.1) is 0 Å². The summed E-state index contributed by atoms with van der Waals surface area (Å²) in [5.41, 5.74) is 2.07. The highest BCUT2D eigenvalue weighted by molar-refractivity contribution is 8.04. The molecule has 0 spiro atoms. The average Bonchev–Trinajstić information content (AvgIpc) is 3.34. The van der Waals surface area contributed by atoms with Gasteiger partial charge >= 0.3 is 0 Å². The standard InChI is InChI=1S/C24H26N2O5S/c1-26-18-13-16(23(27)25-14-17-5-4-10-31-17)7-9-21(18)32-22(24(26)28)12-15-6-8-19(29-2)20(11-15)30-3/h6-9,11-13,17H,4-5,10,14H2,1-3H3,(H,25,27). The first kappa shape index (κ1) is 22.2. The van der Waals surface area contributed by atoms with Gasteiger partial charge in [-0.1, -0.05) is 17.8 Å². The van der Waals surface area contributed by atoms with E-state index in [1.165, 1.54) is 11.8 Å². The van der Waals surface area contributed by atoms with Crippen LogP contribution in [0.2, 0.25) is 0 Å². The van der Waals surface area contributed by atoms with Gasteiger partial charge in [0.05, 0.1) is 30.9 Å². The number of fused-ring (bicyclic) bond motifs is 1. The van der Waals surface area contributed by atoms with Crippen LogP contribution in [0.1, 0.15) is 28.8 Å². The second-order valence-electron chi connectivity index (χ2n) is 7.62. The maximum atomic E-state index is 13.0. The van der Waals surface area contributed by atoms with Crippen molar-refractivity contribution in [2.45, 2.75) is 23.8 Å². The number of carbonyl (C=O) groups is 2. The first-order valence-corrected chi connectivity index (χ1v) is 11.3. The third kappa shape index (κ3) is 4.61. The summed E-state index contributed by atoms with van der Waals surface area (Å²) in [6.45, 7) is 1.25. The quantitative estimate of drug-likeness (QED) is 0.671. The molecule has 1 atom stereocenters. The van der Waals surface area contributed by atoms with E-state index < -0.39 is 0 Å². The SMILES string of the molecule is COc1ccc(C=C2Sc3ccc(C(=O)NCC4CCCO4)cc3N(C)C2=O)cc1OC. The maximum absolute atomic E-state index is 13.0. The van der Waals surface area contributed by atoms with Crippen molar-refractivity contribution in [3.05, 3.63) is 52.4 Å². The summed E-state index contributed by atoms with van der Waals surface area (Å²) in [5, 5.41) is 2.93. The summed E-state index contributed by atoms with van der Waals surface area (Å²) in [6, 6.07) is 10.9. The molecule has 0 bridgehead atoms. The minimum absolute atomic E-state index is 0.0839. The fourth-order valence-electron chi connectivity index (χ4n) is 3.74. The molecule has 32 heavy (non-hydrogen) atoms. The number of amides is 2. The molecule has 2 aromatic rings. The van der Waals surface area contributed by atoms with Gasteiger partial charge in [0.25, 0.3) is 11.8 Å². The van der Waals surface area contributed by atoms with Crippen LogP contribution in [0.15, 0.2) is 46.2 Å². The zero-order valence-electron chi connectivity index (χ0n) is 18.3. The van der Waals surface area contributed by atoms with Crippen LogP contribution in [0.25, 0.3) is 6.08 Å². The Morgan fingerprint density at radius 2 is 2.03 bits per heavy atom. The lowest BCUT2D eigenvalue weighted by Gasteiger charge is -2.27. The summed E-state index contributed by atoms with van der Waals surface area (Å²) in [5.74, 6) is 0.933. The Bertz CT molecular complexity index is 1060. The molecule has 1 unspecified atom stereocenters. The summed E-state index contributed by atoms with van der Waals surface area (Å²) < 4.78 is 16.2. The molecule has 2 aliphatic rings. The predicted molar refractivity (Wildman–Crippen MR) is 125 cm³/mol. The molecule has 2 heterocycles. The second kappa shape index (κ2) is 9.67. The number of anilines is 1. The largest absolute Gasteiger partial charge is 0.493 e. The van der Waals surface area contributed by atoms with Gasteiger partial charge in [-0.25, -0.2) is 0 Å². The highest BCUT2D eigenvalue weighted by atomic mass is 32.2. The summed E-state index contributed by atoms with van der Waals surface area (Å²) in [6.07, 6.45) is 3.91. The summed E-state index contributed by atoms with van der Waals surface area (Å²) in [7, 11) is 4.88. The minimum atomic E-state index is -0.166. The van der Waals surface area contributed by atoms with E-state index in [0.29, 0.717) is 34.2 Å². The number of methoxy groups -OCH3 is 2.